The third kappa shape index (κ3) is 3.34. The highest BCUT2D eigenvalue weighted by atomic mass is 32.2. The zero-order valence-corrected chi connectivity index (χ0v) is 10.9. The van der Waals surface area contributed by atoms with Gasteiger partial charge in [0.25, 0.3) is 11.5 Å². The van der Waals surface area contributed by atoms with Gasteiger partial charge in [-0.2, -0.15) is 16.9 Å². The molecule has 1 fully saturated rings. The van der Waals surface area contributed by atoms with E-state index in [0.717, 1.165) is 5.75 Å². The van der Waals surface area contributed by atoms with Gasteiger partial charge in [-0.1, -0.05) is 0 Å². The summed E-state index contributed by atoms with van der Waals surface area (Å²) < 4.78 is 0. The molecule has 0 bridgehead atoms. The monoisotopic (exact) mass is 283 g/mol. The molecule has 19 heavy (non-hydrogen) atoms. The molecule has 2 heterocycles. The van der Waals surface area contributed by atoms with Crippen LogP contribution in [0.25, 0.3) is 0 Å². The van der Waals surface area contributed by atoms with E-state index in [0.29, 0.717) is 12.3 Å². The average Bonchev–Trinajstić information content (AvgIpc) is 2.39. The minimum atomic E-state index is -0.931. The number of carboxylic acids is 1. The lowest BCUT2D eigenvalue weighted by Crippen LogP contribution is -2.47. The van der Waals surface area contributed by atoms with Crippen LogP contribution in [-0.4, -0.2) is 56.2 Å². The molecule has 0 radical (unpaired) electrons. The smallest absolute Gasteiger partial charge is 0.305 e. The topological polar surface area (TPSA) is 103 Å². The minimum Gasteiger partial charge on any atom is -0.481 e. The van der Waals surface area contributed by atoms with E-state index in [1.54, 1.807) is 11.8 Å². The summed E-state index contributed by atoms with van der Waals surface area (Å²) in [5.74, 6) is 0.0922. The fourth-order valence-corrected chi connectivity index (χ4v) is 2.97. The molecule has 0 aliphatic carbocycles. The summed E-state index contributed by atoms with van der Waals surface area (Å²) in [5.41, 5.74) is -0.255. The fraction of sp³-hybridized carbons (Fsp3) is 0.455. The number of carbonyl (C=O) groups excluding carboxylic acids is 1. The molecule has 0 aromatic carbocycles. The van der Waals surface area contributed by atoms with Gasteiger partial charge < -0.3 is 10.0 Å². The van der Waals surface area contributed by atoms with Crippen LogP contribution in [0, 0.1) is 0 Å². The Morgan fingerprint density at radius 3 is 2.95 bits per heavy atom. The molecule has 1 aliphatic rings. The van der Waals surface area contributed by atoms with Crippen LogP contribution in [0.1, 0.15) is 16.9 Å². The number of carboxylic acid groups (broad SMARTS) is 1. The van der Waals surface area contributed by atoms with Gasteiger partial charge in [-0.3, -0.25) is 14.4 Å². The fourth-order valence-electron chi connectivity index (χ4n) is 1.90. The van der Waals surface area contributed by atoms with Gasteiger partial charge in [-0.15, -0.1) is 0 Å². The van der Waals surface area contributed by atoms with E-state index in [-0.39, 0.29) is 29.6 Å². The Balaban J connectivity index is 2.17. The molecule has 8 heteroatoms. The van der Waals surface area contributed by atoms with Crippen LogP contribution in [0.5, 0.6) is 0 Å². The van der Waals surface area contributed by atoms with Crippen LogP contribution in [0.3, 0.4) is 0 Å². The van der Waals surface area contributed by atoms with Crippen molar-refractivity contribution in [1.29, 1.82) is 0 Å². The summed E-state index contributed by atoms with van der Waals surface area (Å²) in [4.78, 5) is 35.5. The summed E-state index contributed by atoms with van der Waals surface area (Å²) in [6, 6.07) is 2.24. The van der Waals surface area contributed by atoms with Crippen molar-refractivity contribution in [2.45, 2.75) is 12.5 Å². The first-order valence-corrected chi connectivity index (χ1v) is 6.89. The normalized spacial score (nSPS) is 19.2. The van der Waals surface area contributed by atoms with Crippen molar-refractivity contribution in [1.82, 2.24) is 15.1 Å². The Morgan fingerprint density at radius 2 is 2.32 bits per heavy atom. The van der Waals surface area contributed by atoms with Gasteiger partial charge >= 0.3 is 5.97 Å². The SMILES string of the molecule is O=C(O)CC1CSCCN1C(=O)c1ccc(=O)[nH]n1. The van der Waals surface area contributed by atoms with Gasteiger partial charge in [0.2, 0.25) is 0 Å². The van der Waals surface area contributed by atoms with E-state index in [9.17, 15) is 14.4 Å². The van der Waals surface area contributed by atoms with Crippen LogP contribution in [0.15, 0.2) is 16.9 Å². The Kier molecular flexibility index (Phi) is 4.20. The molecular formula is C11H13N3O4S. The van der Waals surface area contributed by atoms with E-state index in [4.69, 9.17) is 5.11 Å². The number of aromatic nitrogens is 2. The van der Waals surface area contributed by atoms with Crippen molar-refractivity contribution in [3.63, 3.8) is 0 Å². The maximum atomic E-state index is 12.2. The Bertz CT molecular complexity index is 524. The summed E-state index contributed by atoms with van der Waals surface area (Å²) in [7, 11) is 0. The van der Waals surface area contributed by atoms with Gasteiger partial charge in [0.15, 0.2) is 0 Å². The molecule has 2 N–H and O–H groups in total. The maximum absolute atomic E-state index is 12.2. The first kappa shape index (κ1) is 13.6. The second-order valence-corrected chi connectivity index (χ2v) is 5.28. The van der Waals surface area contributed by atoms with Gasteiger partial charge in [0.05, 0.1) is 12.5 Å². The Labute approximate surface area is 113 Å². The summed E-state index contributed by atoms with van der Waals surface area (Å²) >= 11 is 1.63. The van der Waals surface area contributed by atoms with Crippen molar-refractivity contribution in [2.24, 2.45) is 0 Å². The van der Waals surface area contributed by atoms with Crippen molar-refractivity contribution >= 4 is 23.6 Å². The van der Waals surface area contributed by atoms with Crippen molar-refractivity contribution in [2.75, 3.05) is 18.1 Å². The quantitative estimate of drug-likeness (QED) is 0.796. The Morgan fingerprint density at radius 1 is 1.53 bits per heavy atom. The lowest BCUT2D eigenvalue weighted by Gasteiger charge is -2.34. The third-order valence-corrected chi connectivity index (χ3v) is 3.89. The lowest BCUT2D eigenvalue weighted by molar-refractivity contribution is -0.138. The second-order valence-electron chi connectivity index (χ2n) is 4.13. The first-order valence-electron chi connectivity index (χ1n) is 5.74. The summed E-state index contributed by atoms with van der Waals surface area (Å²) in [5, 5.41) is 14.7. The van der Waals surface area contributed by atoms with Gasteiger partial charge in [-0.05, 0) is 6.07 Å². The zero-order valence-electron chi connectivity index (χ0n) is 10.0. The second kappa shape index (κ2) is 5.87. The molecule has 102 valence electrons. The lowest BCUT2D eigenvalue weighted by atomic mass is 10.2. The van der Waals surface area contributed by atoms with Crippen LogP contribution >= 0.6 is 11.8 Å². The standard InChI is InChI=1S/C11H13N3O4S/c15-9-2-1-8(12-13-9)11(18)14-3-4-19-6-7(14)5-10(16)17/h1-2,7H,3-6H2,(H,13,15)(H,16,17). The number of aliphatic carboxylic acids is 1. The molecule has 1 aromatic heterocycles. The largest absolute Gasteiger partial charge is 0.481 e. The van der Waals surface area contributed by atoms with Gasteiger partial charge in [-0.25, -0.2) is 5.10 Å². The minimum absolute atomic E-state index is 0.0813. The van der Waals surface area contributed by atoms with Crippen molar-refractivity contribution in [3.05, 3.63) is 28.2 Å². The number of carbonyl (C=O) groups is 2. The molecule has 1 aliphatic heterocycles. The number of nitrogens with one attached hydrogen (secondary N) is 1. The molecule has 1 atom stereocenters. The molecule has 0 saturated carbocycles. The van der Waals surface area contributed by atoms with Crippen LogP contribution in [0.2, 0.25) is 0 Å². The highest BCUT2D eigenvalue weighted by molar-refractivity contribution is 7.99. The number of rotatable bonds is 3. The number of thioether (sulfide) groups is 1. The highest BCUT2D eigenvalue weighted by Crippen LogP contribution is 2.20. The predicted molar refractivity (Wildman–Crippen MR) is 69.3 cm³/mol. The number of hydrogen-bond acceptors (Lipinski definition) is 5. The molecule has 1 aromatic rings. The number of nitrogens with zero attached hydrogens (tertiary/aromatic N) is 2. The average molecular weight is 283 g/mol. The van der Waals surface area contributed by atoms with E-state index in [1.807, 2.05) is 0 Å². The van der Waals surface area contributed by atoms with Crippen molar-refractivity contribution < 1.29 is 14.7 Å². The van der Waals surface area contributed by atoms with Gasteiger partial charge in [0, 0.05) is 24.1 Å². The number of amides is 1. The Hall–Kier alpha value is -1.83. The van der Waals surface area contributed by atoms with Crippen LogP contribution in [-0.2, 0) is 4.79 Å². The van der Waals surface area contributed by atoms with Crippen molar-refractivity contribution in [3.8, 4) is 0 Å². The van der Waals surface area contributed by atoms with E-state index >= 15 is 0 Å². The first-order chi connectivity index (χ1) is 9.08. The molecule has 2 rings (SSSR count). The van der Waals surface area contributed by atoms with E-state index in [2.05, 4.69) is 10.2 Å². The number of hydrogen-bond donors (Lipinski definition) is 2. The summed E-state index contributed by atoms with van der Waals surface area (Å²) in [6.07, 6.45) is -0.0813. The molecule has 7 nitrogen and oxygen atoms in total. The molecule has 1 amide bonds. The summed E-state index contributed by atoms with van der Waals surface area (Å²) in [6.45, 7) is 0.488. The maximum Gasteiger partial charge on any atom is 0.305 e. The van der Waals surface area contributed by atoms with E-state index in [1.165, 1.54) is 17.0 Å². The number of aromatic amines is 1. The predicted octanol–water partition coefficient (Wildman–Crippen LogP) is -0.198. The third-order valence-electron chi connectivity index (χ3n) is 2.80. The highest BCUT2D eigenvalue weighted by Gasteiger charge is 2.30. The van der Waals surface area contributed by atoms with E-state index < -0.39 is 5.97 Å². The van der Waals surface area contributed by atoms with Crippen LogP contribution < -0.4 is 5.56 Å². The molecule has 1 saturated heterocycles. The number of H-pyrrole nitrogens is 1. The molecule has 1 unspecified atom stereocenters. The zero-order chi connectivity index (χ0) is 13.8. The molecular weight excluding hydrogens is 270 g/mol. The molecule has 0 spiro atoms. The van der Waals surface area contributed by atoms with Gasteiger partial charge in [0.1, 0.15) is 5.69 Å². The van der Waals surface area contributed by atoms with Crippen LogP contribution in [0.4, 0.5) is 0 Å².